The third-order valence-corrected chi connectivity index (χ3v) is 2.53. The number of thiocarbonyl (C=S) groups is 1. The molecule has 0 aliphatic heterocycles. The zero-order valence-electron chi connectivity index (χ0n) is 8.92. The highest BCUT2D eigenvalue weighted by atomic mass is 32.1. The molecule has 0 bridgehead atoms. The summed E-state index contributed by atoms with van der Waals surface area (Å²) in [5, 5.41) is 0. The van der Waals surface area contributed by atoms with Crippen LogP contribution in [0.15, 0.2) is 30.7 Å². The molecule has 0 fully saturated rings. The predicted molar refractivity (Wildman–Crippen MR) is 66.6 cm³/mol. The standard InChI is InChI=1S/C11H12N4S/c1-2-8-6-10(14-7-13-8)15-5-3-4-9(15)11(12)16/h3-7H,2H2,1H3,(H2,12,16). The van der Waals surface area contributed by atoms with E-state index in [-0.39, 0.29) is 0 Å². The smallest absolute Gasteiger partial charge is 0.140 e. The van der Waals surface area contributed by atoms with Crippen LogP contribution in [0, 0.1) is 0 Å². The lowest BCUT2D eigenvalue weighted by atomic mass is 10.3. The summed E-state index contributed by atoms with van der Waals surface area (Å²) >= 11 is 4.98. The van der Waals surface area contributed by atoms with Crippen LogP contribution in [-0.2, 0) is 6.42 Å². The van der Waals surface area contributed by atoms with E-state index in [1.165, 1.54) is 0 Å². The topological polar surface area (TPSA) is 56.7 Å². The van der Waals surface area contributed by atoms with E-state index in [2.05, 4.69) is 16.9 Å². The summed E-state index contributed by atoms with van der Waals surface area (Å²) in [5.74, 6) is 0.791. The Morgan fingerprint density at radius 2 is 2.31 bits per heavy atom. The minimum absolute atomic E-state index is 0.363. The predicted octanol–water partition coefficient (Wildman–Crippen LogP) is 1.46. The molecule has 0 spiro atoms. The highest BCUT2D eigenvalue weighted by molar-refractivity contribution is 7.80. The maximum atomic E-state index is 5.63. The zero-order valence-corrected chi connectivity index (χ0v) is 9.74. The van der Waals surface area contributed by atoms with Gasteiger partial charge in [-0.3, -0.25) is 4.57 Å². The first-order valence-corrected chi connectivity index (χ1v) is 5.41. The molecule has 82 valence electrons. The highest BCUT2D eigenvalue weighted by Crippen LogP contribution is 2.11. The maximum Gasteiger partial charge on any atom is 0.140 e. The minimum Gasteiger partial charge on any atom is -0.388 e. The van der Waals surface area contributed by atoms with Crippen molar-refractivity contribution in [2.45, 2.75) is 13.3 Å². The van der Waals surface area contributed by atoms with Gasteiger partial charge in [-0.15, -0.1) is 0 Å². The summed E-state index contributed by atoms with van der Waals surface area (Å²) in [6, 6.07) is 5.69. The quantitative estimate of drug-likeness (QED) is 0.814. The average molecular weight is 232 g/mol. The van der Waals surface area contributed by atoms with Gasteiger partial charge < -0.3 is 5.73 Å². The molecule has 4 nitrogen and oxygen atoms in total. The minimum atomic E-state index is 0.363. The van der Waals surface area contributed by atoms with Crippen molar-refractivity contribution in [2.75, 3.05) is 0 Å². The molecule has 2 aromatic heterocycles. The van der Waals surface area contributed by atoms with Crippen molar-refractivity contribution in [3.8, 4) is 5.82 Å². The van der Waals surface area contributed by atoms with Crippen molar-refractivity contribution in [3.05, 3.63) is 42.1 Å². The van der Waals surface area contributed by atoms with E-state index >= 15 is 0 Å². The van der Waals surface area contributed by atoms with E-state index in [1.54, 1.807) is 6.33 Å². The Bertz CT molecular complexity index is 518. The van der Waals surface area contributed by atoms with Gasteiger partial charge in [0.15, 0.2) is 0 Å². The molecule has 0 aliphatic carbocycles. The fourth-order valence-corrected chi connectivity index (χ4v) is 1.66. The van der Waals surface area contributed by atoms with Crippen LogP contribution in [0.1, 0.15) is 18.3 Å². The molecular weight excluding hydrogens is 220 g/mol. The second kappa shape index (κ2) is 4.40. The van der Waals surface area contributed by atoms with Gasteiger partial charge in [0.1, 0.15) is 17.1 Å². The Morgan fingerprint density at radius 3 is 3.00 bits per heavy atom. The van der Waals surface area contributed by atoms with E-state index < -0.39 is 0 Å². The van der Waals surface area contributed by atoms with Crippen LogP contribution in [-0.4, -0.2) is 19.5 Å². The highest BCUT2D eigenvalue weighted by Gasteiger charge is 2.06. The van der Waals surface area contributed by atoms with Crippen LogP contribution in [0.4, 0.5) is 0 Å². The molecule has 16 heavy (non-hydrogen) atoms. The molecule has 0 aromatic carbocycles. The molecule has 2 N–H and O–H groups in total. The molecule has 0 aliphatic rings. The number of nitrogens with zero attached hydrogens (tertiary/aromatic N) is 3. The van der Waals surface area contributed by atoms with Gasteiger partial charge in [0.25, 0.3) is 0 Å². The van der Waals surface area contributed by atoms with Gasteiger partial charge in [0.2, 0.25) is 0 Å². The molecule has 0 saturated heterocycles. The first-order valence-electron chi connectivity index (χ1n) is 5.01. The van der Waals surface area contributed by atoms with Crippen LogP contribution in [0.2, 0.25) is 0 Å². The Kier molecular flexibility index (Phi) is 2.96. The van der Waals surface area contributed by atoms with Gasteiger partial charge in [0, 0.05) is 18.0 Å². The number of aromatic nitrogens is 3. The van der Waals surface area contributed by atoms with Crippen molar-refractivity contribution in [2.24, 2.45) is 5.73 Å². The first-order chi connectivity index (χ1) is 7.72. The molecule has 0 amide bonds. The molecular formula is C11H12N4S. The summed E-state index contributed by atoms with van der Waals surface area (Å²) in [6.45, 7) is 2.05. The van der Waals surface area contributed by atoms with Crippen LogP contribution >= 0.6 is 12.2 Å². The van der Waals surface area contributed by atoms with Gasteiger partial charge >= 0.3 is 0 Å². The maximum absolute atomic E-state index is 5.63. The number of nitrogens with two attached hydrogens (primary N) is 1. The van der Waals surface area contributed by atoms with E-state index in [0.29, 0.717) is 4.99 Å². The van der Waals surface area contributed by atoms with E-state index in [9.17, 15) is 0 Å². The van der Waals surface area contributed by atoms with E-state index in [0.717, 1.165) is 23.6 Å². The lowest BCUT2D eigenvalue weighted by Gasteiger charge is -2.07. The third kappa shape index (κ3) is 1.94. The molecule has 0 saturated carbocycles. The zero-order chi connectivity index (χ0) is 11.5. The lowest BCUT2D eigenvalue weighted by Crippen LogP contribution is -2.15. The summed E-state index contributed by atoms with van der Waals surface area (Å²) in [6.07, 6.45) is 4.31. The Balaban J connectivity index is 2.50. The molecule has 2 heterocycles. The van der Waals surface area contributed by atoms with Gasteiger partial charge in [-0.05, 0) is 18.6 Å². The van der Waals surface area contributed by atoms with Crippen LogP contribution in [0.3, 0.4) is 0 Å². The first kappa shape index (κ1) is 10.8. The third-order valence-electron chi connectivity index (χ3n) is 2.32. The number of hydrogen-bond acceptors (Lipinski definition) is 3. The fourth-order valence-electron chi connectivity index (χ4n) is 1.49. The van der Waals surface area contributed by atoms with Gasteiger partial charge in [0.05, 0.1) is 5.69 Å². The van der Waals surface area contributed by atoms with Gasteiger partial charge in [-0.2, -0.15) is 0 Å². The largest absolute Gasteiger partial charge is 0.388 e. The molecule has 2 aromatic rings. The van der Waals surface area contributed by atoms with Crippen LogP contribution in [0.5, 0.6) is 0 Å². The average Bonchev–Trinajstić information content (AvgIpc) is 2.78. The monoisotopic (exact) mass is 232 g/mol. The second-order valence-electron chi connectivity index (χ2n) is 3.35. The van der Waals surface area contributed by atoms with E-state index in [4.69, 9.17) is 18.0 Å². The summed E-state index contributed by atoms with van der Waals surface area (Å²) in [4.78, 5) is 8.73. The van der Waals surface area contributed by atoms with Crippen LogP contribution < -0.4 is 5.73 Å². The van der Waals surface area contributed by atoms with Crippen molar-refractivity contribution in [3.63, 3.8) is 0 Å². The normalized spacial score (nSPS) is 10.3. The SMILES string of the molecule is CCc1cc(-n2cccc2C(N)=S)ncn1. The van der Waals surface area contributed by atoms with Crippen molar-refractivity contribution < 1.29 is 0 Å². The van der Waals surface area contributed by atoms with Crippen molar-refractivity contribution in [1.82, 2.24) is 14.5 Å². The Labute approximate surface area is 99.1 Å². The Hall–Kier alpha value is -1.75. The number of aryl methyl sites for hydroxylation is 1. The molecule has 0 radical (unpaired) electrons. The fraction of sp³-hybridized carbons (Fsp3) is 0.182. The van der Waals surface area contributed by atoms with Gasteiger partial charge in [-0.25, -0.2) is 9.97 Å². The molecule has 0 unspecified atom stereocenters. The molecule has 5 heteroatoms. The summed E-state index contributed by atoms with van der Waals surface area (Å²) < 4.78 is 1.86. The number of hydrogen-bond donors (Lipinski definition) is 1. The lowest BCUT2D eigenvalue weighted by molar-refractivity contribution is 0.929. The summed E-state index contributed by atoms with van der Waals surface area (Å²) in [5.41, 5.74) is 7.41. The Morgan fingerprint density at radius 1 is 1.50 bits per heavy atom. The van der Waals surface area contributed by atoms with Crippen molar-refractivity contribution >= 4 is 17.2 Å². The summed E-state index contributed by atoms with van der Waals surface area (Å²) in [7, 11) is 0. The second-order valence-corrected chi connectivity index (χ2v) is 3.79. The molecule has 2 rings (SSSR count). The molecule has 0 atom stereocenters. The number of rotatable bonds is 3. The van der Waals surface area contributed by atoms with E-state index in [1.807, 2.05) is 29.0 Å². The van der Waals surface area contributed by atoms with Gasteiger partial charge in [-0.1, -0.05) is 19.1 Å². The van der Waals surface area contributed by atoms with Crippen molar-refractivity contribution in [1.29, 1.82) is 0 Å². The van der Waals surface area contributed by atoms with Crippen LogP contribution in [0.25, 0.3) is 5.82 Å².